The number of fused-ring (bicyclic) bond motifs is 1. The second kappa shape index (κ2) is 9.80. The molecular formula is C19H29N3O6S2. The summed E-state index contributed by atoms with van der Waals surface area (Å²) >= 11 is 3.33. The van der Waals surface area contributed by atoms with Crippen LogP contribution in [-0.2, 0) is 14.3 Å². The van der Waals surface area contributed by atoms with Crippen molar-refractivity contribution < 1.29 is 29.3 Å². The zero-order valence-electron chi connectivity index (χ0n) is 17.1. The molecule has 168 valence electrons. The van der Waals surface area contributed by atoms with E-state index < -0.39 is 24.1 Å². The summed E-state index contributed by atoms with van der Waals surface area (Å²) in [4.78, 5) is 37.0. The van der Waals surface area contributed by atoms with Crippen molar-refractivity contribution in [2.24, 2.45) is 17.6 Å². The molecular weight excluding hydrogens is 430 g/mol. The number of nitrogens with two attached hydrogens (primary N) is 1. The summed E-state index contributed by atoms with van der Waals surface area (Å²) in [5.41, 5.74) is 5.01. The highest BCUT2D eigenvalue weighted by Gasteiger charge is 2.60. The highest BCUT2D eigenvalue weighted by Crippen LogP contribution is 2.51. The quantitative estimate of drug-likeness (QED) is 0.276. The van der Waals surface area contributed by atoms with Crippen LogP contribution in [0.2, 0.25) is 0 Å². The number of rotatable bonds is 10. The molecule has 6 atom stereocenters. The van der Waals surface area contributed by atoms with Crippen molar-refractivity contribution in [1.29, 1.82) is 0 Å². The molecule has 0 aromatic carbocycles. The van der Waals surface area contributed by atoms with Crippen LogP contribution in [0.4, 0.5) is 4.79 Å². The number of amides is 2. The Labute approximate surface area is 184 Å². The lowest BCUT2D eigenvalue weighted by Crippen LogP contribution is -2.63. The van der Waals surface area contributed by atoms with Gasteiger partial charge in [-0.3, -0.25) is 4.79 Å². The van der Waals surface area contributed by atoms with E-state index in [1.807, 2.05) is 6.92 Å². The number of hydrogen-bond acceptors (Lipinski definition) is 8. The largest absolute Gasteiger partial charge is 0.477 e. The number of carbonyl (C=O) groups is 3. The van der Waals surface area contributed by atoms with Gasteiger partial charge in [0.2, 0.25) is 5.91 Å². The van der Waals surface area contributed by atoms with Crippen molar-refractivity contribution in [2.75, 3.05) is 24.7 Å². The van der Waals surface area contributed by atoms with Gasteiger partial charge in [-0.1, -0.05) is 6.92 Å². The number of carboxylic acids is 1. The number of aliphatic carboxylic acids is 1. The van der Waals surface area contributed by atoms with Crippen molar-refractivity contribution in [1.82, 2.24) is 10.2 Å². The van der Waals surface area contributed by atoms with E-state index in [4.69, 9.17) is 10.5 Å². The van der Waals surface area contributed by atoms with Gasteiger partial charge in [-0.25, -0.2) is 9.59 Å². The summed E-state index contributed by atoms with van der Waals surface area (Å²) in [5.74, 6) is -0.220. The van der Waals surface area contributed by atoms with Gasteiger partial charge in [0, 0.05) is 34.4 Å². The Balaban J connectivity index is 1.52. The highest BCUT2D eigenvalue weighted by molar-refractivity contribution is 8.03. The number of carbonyl (C=O) groups excluding carboxylic acids is 2. The van der Waals surface area contributed by atoms with Gasteiger partial charge >= 0.3 is 12.1 Å². The van der Waals surface area contributed by atoms with Gasteiger partial charge < -0.3 is 30.9 Å². The second-order valence-electron chi connectivity index (χ2n) is 7.95. The van der Waals surface area contributed by atoms with E-state index in [0.29, 0.717) is 12.6 Å². The van der Waals surface area contributed by atoms with Crippen LogP contribution < -0.4 is 11.1 Å². The summed E-state index contributed by atoms with van der Waals surface area (Å²) in [5, 5.41) is 23.4. The Kier molecular flexibility index (Phi) is 7.59. The molecule has 3 rings (SSSR count). The Morgan fingerprint density at radius 1 is 1.43 bits per heavy atom. The minimum atomic E-state index is -1.08. The Hall–Kier alpha value is -1.43. The van der Waals surface area contributed by atoms with E-state index in [2.05, 4.69) is 5.32 Å². The molecule has 0 aromatic heterocycles. The topological polar surface area (TPSA) is 142 Å². The normalized spacial score (nSPS) is 31.5. The maximum atomic E-state index is 12.4. The lowest BCUT2D eigenvalue weighted by molar-refractivity contribution is -0.163. The molecule has 2 saturated heterocycles. The fraction of sp³-hybridized carbons (Fsp3) is 0.737. The predicted molar refractivity (Wildman–Crippen MR) is 115 cm³/mol. The molecule has 0 saturated carbocycles. The smallest absolute Gasteiger partial charge is 0.404 e. The first-order chi connectivity index (χ1) is 14.2. The van der Waals surface area contributed by atoms with Gasteiger partial charge in [0.15, 0.2) is 0 Å². The average Bonchev–Trinajstić information content (AvgIpc) is 3.19. The van der Waals surface area contributed by atoms with E-state index in [0.717, 1.165) is 35.8 Å². The second-order valence-corrected chi connectivity index (χ2v) is 10.4. The Morgan fingerprint density at radius 2 is 2.17 bits per heavy atom. The lowest BCUT2D eigenvalue weighted by atomic mass is 9.79. The molecule has 3 heterocycles. The van der Waals surface area contributed by atoms with E-state index in [9.17, 15) is 24.6 Å². The Bertz CT molecular complexity index is 731. The fourth-order valence-electron chi connectivity index (χ4n) is 4.42. The summed E-state index contributed by atoms with van der Waals surface area (Å²) in [6.07, 6.45) is 0.126. The minimum absolute atomic E-state index is 0.0895. The molecule has 3 aliphatic rings. The summed E-state index contributed by atoms with van der Waals surface area (Å²) < 4.78 is 4.71. The molecule has 11 heteroatoms. The van der Waals surface area contributed by atoms with Gasteiger partial charge in [0.25, 0.3) is 0 Å². The van der Waals surface area contributed by atoms with Gasteiger partial charge in [-0.2, -0.15) is 11.8 Å². The standard InChI is InChI=1S/C19H29N3O6S2/c1-9-14-13(10(2)23)17(24)22(14)15(18(25)26)16(9)30-12-6-11(21-7-12)8-29-5-3-4-28-19(20)27/h9-14,21,23H,3-8H2,1-2H3,(H2,20,27)(H,25,26)/t9-,10-,11+,12+,13-,14-/m1/s1. The monoisotopic (exact) mass is 459 g/mol. The van der Waals surface area contributed by atoms with E-state index in [1.54, 1.807) is 30.4 Å². The molecule has 30 heavy (non-hydrogen) atoms. The van der Waals surface area contributed by atoms with Crippen molar-refractivity contribution >= 4 is 41.5 Å². The fourth-order valence-corrected chi connectivity index (χ4v) is 6.96. The number of nitrogens with zero attached hydrogens (tertiary/aromatic N) is 1. The van der Waals surface area contributed by atoms with Gasteiger partial charge in [0.1, 0.15) is 5.70 Å². The summed E-state index contributed by atoms with van der Waals surface area (Å²) in [7, 11) is 0. The number of primary amides is 1. The number of thioether (sulfide) groups is 2. The number of aliphatic hydroxyl groups excluding tert-OH is 1. The molecule has 0 spiro atoms. The molecule has 0 aromatic rings. The molecule has 0 bridgehead atoms. The number of carboxylic acid groups (broad SMARTS) is 1. The van der Waals surface area contributed by atoms with Crippen molar-refractivity contribution in [3.05, 3.63) is 10.6 Å². The summed E-state index contributed by atoms with van der Waals surface area (Å²) in [6, 6.07) is 0.0634. The third-order valence-electron chi connectivity index (χ3n) is 5.78. The van der Waals surface area contributed by atoms with Gasteiger partial charge in [0.05, 0.1) is 24.7 Å². The molecule has 5 N–H and O–H groups in total. The van der Waals surface area contributed by atoms with Crippen LogP contribution in [0, 0.1) is 11.8 Å². The van der Waals surface area contributed by atoms with Crippen molar-refractivity contribution in [3.8, 4) is 0 Å². The first-order valence-electron chi connectivity index (χ1n) is 10.1. The maximum Gasteiger partial charge on any atom is 0.404 e. The zero-order chi connectivity index (χ0) is 22.0. The Morgan fingerprint density at radius 3 is 2.80 bits per heavy atom. The third kappa shape index (κ3) is 4.74. The molecule has 2 amide bonds. The lowest BCUT2D eigenvalue weighted by Gasteiger charge is -2.46. The van der Waals surface area contributed by atoms with Crippen LogP contribution in [0.15, 0.2) is 10.6 Å². The van der Waals surface area contributed by atoms with Crippen LogP contribution in [0.3, 0.4) is 0 Å². The maximum absolute atomic E-state index is 12.4. The van der Waals surface area contributed by atoms with Crippen molar-refractivity contribution in [3.63, 3.8) is 0 Å². The number of nitrogens with one attached hydrogen (secondary N) is 1. The number of ether oxygens (including phenoxy) is 1. The molecule has 9 nitrogen and oxygen atoms in total. The van der Waals surface area contributed by atoms with Gasteiger partial charge in [-0.05, 0) is 25.5 Å². The third-order valence-corrected chi connectivity index (χ3v) is 8.51. The number of hydrogen-bond donors (Lipinski definition) is 4. The average molecular weight is 460 g/mol. The van der Waals surface area contributed by atoms with Crippen LogP contribution in [0.25, 0.3) is 0 Å². The molecule has 2 fully saturated rings. The minimum Gasteiger partial charge on any atom is -0.477 e. The zero-order valence-corrected chi connectivity index (χ0v) is 18.7. The predicted octanol–water partition coefficient (Wildman–Crippen LogP) is 0.822. The first kappa shape index (κ1) is 23.2. The van der Waals surface area contributed by atoms with E-state index >= 15 is 0 Å². The van der Waals surface area contributed by atoms with Crippen LogP contribution in [-0.4, -0.2) is 81.2 Å². The van der Waals surface area contributed by atoms with Gasteiger partial charge in [-0.15, -0.1) is 11.8 Å². The van der Waals surface area contributed by atoms with Crippen molar-refractivity contribution in [2.45, 2.75) is 50.1 Å². The van der Waals surface area contributed by atoms with Crippen LogP contribution in [0.5, 0.6) is 0 Å². The van der Waals surface area contributed by atoms with E-state index in [-0.39, 0.29) is 28.8 Å². The first-order valence-corrected chi connectivity index (χ1v) is 12.1. The van der Waals surface area contributed by atoms with Crippen LogP contribution in [0.1, 0.15) is 26.7 Å². The highest BCUT2D eigenvalue weighted by atomic mass is 32.2. The SMILES string of the molecule is C[C@@H](O)[C@H]1C(=O)N2C(C(=O)O)=C(S[C@@H]3CN[C@H](CSCCCOC(N)=O)C3)[C@H](C)[C@H]12. The number of β-lactam (4-membered cyclic amide) rings is 1. The molecule has 0 aliphatic carbocycles. The van der Waals surface area contributed by atoms with E-state index in [1.165, 1.54) is 4.90 Å². The molecule has 0 unspecified atom stereocenters. The number of aliphatic hydroxyl groups is 1. The molecule has 0 radical (unpaired) electrons. The summed E-state index contributed by atoms with van der Waals surface area (Å²) in [6.45, 7) is 4.64. The van der Waals surface area contributed by atoms with Crippen LogP contribution >= 0.6 is 23.5 Å². The molecule has 3 aliphatic heterocycles.